The van der Waals surface area contributed by atoms with Gasteiger partial charge in [-0.25, -0.2) is 13.6 Å². The van der Waals surface area contributed by atoms with Gasteiger partial charge in [0.05, 0.1) is 13.7 Å². The zero-order valence-corrected chi connectivity index (χ0v) is 15.5. The lowest BCUT2D eigenvalue weighted by Gasteiger charge is -2.10. The smallest absolute Gasteiger partial charge is 0.251 e. The molecule has 0 unspecified atom stereocenters. The van der Waals surface area contributed by atoms with E-state index in [1.54, 1.807) is 0 Å². The third-order valence-corrected chi connectivity index (χ3v) is 4.53. The molecule has 0 aliphatic carbocycles. The number of carbonyl (C=O) groups is 1. The third kappa shape index (κ3) is 5.47. The fraction of sp³-hybridized carbons (Fsp3) is 0.278. The van der Waals surface area contributed by atoms with Crippen molar-refractivity contribution in [1.29, 1.82) is 0 Å². The van der Waals surface area contributed by atoms with Crippen LogP contribution in [0, 0.1) is 6.92 Å². The molecule has 2 aromatic carbocycles. The molecule has 140 valence electrons. The van der Waals surface area contributed by atoms with Crippen LogP contribution in [0.5, 0.6) is 11.5 Å². The van der Waals surface area contributed by atoms with Gasteiger partial charge in [-0.05, 0) is 49.2 Å². The van der Waals surface area contributed by atoms with E-state index in [-0.39, 0.29) is 16.2 Å². The number of sulfonamides is 1. The Bertz CT molecular complexity index is 881. The second-order valence-corrected chi connectivity index (χ2v) is 7.21. The second-order valence-electron chi connectivity index (χ2n) is 5.69. The molecule has 26 heavy (non-hydrogen) atoms. The van der Waals surface area contributed by atoms with E-state index >= 15 is 0 Å². The second kappa shape index (κ2) is 8.68. The van der Waals surface area contributed by atoms with Crippen molar-refractivity contribution in [2.45, 2.75) is 18.2 Å². The van der Waals surface area contributed by atoms with E-state index in [1.165, 1.54) is 25.3 Å². The highest BCUT2D eigenvalue weighted by molar-refractivity contribution is 7.89. The first kappa shape index (κ1) is 19.7. The fourth-order valence-electron chi connectivity index (χ4n) is 2.31. The third-order valence-electron chi connectivity index (χ3n) is 3.60. The zero-order valence-electron chi connectivity index (χ0n) is 14.7. The number of primary sulfonamides is 1. The van der Waals surface area contributed by atoms with Crippen LogP contribution in [0.2, 0.25) is 0 Å². The molecule has 8 heteroatoms. The maximum atomic E-state index is 12.2. The maximum Gasteiger partial charge on any atom is 0.251 e. The molecule has 0 spiro atoms. The highest BCUT2D eigenvalue weighted by Crippen LogP contribution is 2.23. The Labute approximate surface area is 153 Å². The van der Waals surface area contributed by atoms with Crippen LogP contribution in [0.15, 0.2) is 47.4 Å². The number of benzene rings is 2. The van der Waals surface area contributed by atoms with Crippen molar-refractivity contribution in [2.24, 2.45) is 5.14 Å². The number of methoxy groups -OCH3 is 1. The standard InChI is InChI=1S/C18H22N2O5S/c1-13-5-3-6-15(11-13)25-10-4-9-20-18(21)14-7-8-16(24-2)17(12-14)26(19,22)23/h3,5-8,11-12H,4,9-10H2,1-2H3,(H,20,21)(H2,19,22,23). The summed E-state index contributed by atoms with van der Waals surface area (Å²) >= 11 is 0. The minimum Gasteiger partial charge on any atom is -0.495 e. The molecular formula is C18H22N2O5S. The molecule has 2 aromatic rings. The van der Waals surface area contributed by atoms with Gasteiger partial charge >= 0.3 is 0 Å². The molecule has 0 saturated carbocycles. The molecule has 7 nitrogen and oxygen atoms in total. The van der Waals surface area contributed by atoms with E-state index in [1.807, 2.05) is 31.2 Å². The summed E-state index contributed by atoms with van der Waals surface area (Å²) in [5, 5.41) is 7.87. The Morgan fingerprint density at radius 1 is 1.19 bits per heavy atom. The first-order chi connectivity index (χ1) is 12.3. The highest BCUT2D eigenvalue weighted by Gasteiger charge is 2.17. The Morgan fingerprint density at radius 2 is 1.96 bits per heavy atom. The van der Waals surface area contributed by atoms with Gasteiger partial charge in [0, 0.05) is 12.1 Å². The van der Waals surface area contributed by atoms with Gasteiger partial charge in [-0.3, -0.25) is 4.79 Å². The van der Waals surface area contributed by atoms with Crippen LogP contribution in [0.4, 0.5) is 0 Å². The average Bonchev–Trinajstić information content (AvgIpc) is 2.60. The summed E-state index contributed by atoms with van der Waals surface area (Å²) in [5.74, 6) is 0.480. The molecule has 0 aliphatic rings. The number of rotatable bonds is 8. The van der Waals surface area contributed by atoms with Gasteiger partial charge in [0.15, 0.2) is 0 Å². The van der Waals surface area contributed by atoms with E-state index in [0.717, 1.165) is 11.3 Å². The maximum absolute atomic E-state index is 12.2. The average molecular weight is 378 g/mol. The molecule has 0 aliphatic heterocycles. The number of carbonyl (C=O) groups excluding carboxylic acids is 1. The quantitative estimate of drug-likeness (QED) is 0.682. The molecule has 0 aromatic heterocycles. The Morgan fingerprint density at radius 3 is 2.62 bits per heavy atom. The summed E-state index contributed by atoms with van der Waals surface area (Å²) in [7, 11) is -2.66. The van der Waals surface area contributed by atoms with E-state index < -0.39 is 15.9 Å². The van der Waals surface area contributed by atoms with Crippen LogP contribution in [-0.4, -0.2) is 34.6 Å². The van der Waals surface area contributed by atoms with Crippen LogP contribution in [0.1, 0.15) is 22.3 Å². The lowest BCUT2D eigenvalue weighted by molar-refractivity contribution is 0.0951. The predicted molar refractivity (Wildman–Crippen MR) is 98.0 cm³/mol. The van der Waals surface area contributed by atoms with Crippen molar-refractivity contribution in [2.75, 3.05) is 20.3 Å². The minimum absolute atomic E-state index is 0.0932. The number of aryl methyl sites for hydroxylation is 1. The summed E-state index contributed by atoms with van der Waals surface area (Å²) < 4.78 is 33.8. The number of ether oxygens (including phenoxy) is 2. The molecule has 3 N–H and O–H groups in total. The van der Waals surface area contributed by atoms with Gasteiger partial charge in [0.2, 0.25) is 10.0 Å². The molecule has 0 radical (unpaired) electrons. The van der Waals surface area contributed by atoms with Crippen molar-refractivity contribution >= 4 is 15.9 Å². The topological polar surface area (TPSA) is 108 Å². The largest absolute Gasteiger partial charge is 0.495 e. The van der Waals surface area contributed by atoms with Crippen LogP contribution in [-0.2, 0) is 10.0 Å². The highest BCUT2D eigenvalue weighted by atomic mass is 32.2. The summed E-state index contributed by atoms with van der Waals surface area (Å²) in [6, 6.07) is 11.8. The summed E-state index contributed by atoms with van der Waals surface area (Å²) in [6.45, 7) is 2.83. The van der Waals surface area contributed by atoms with Gasteiger partial charge in [0.25, 0.3) is 5.91 Å². The summed E-state index contributed by atoms with van der Waals surface area (Å²) in [6.07, 6.45) is 0.609. The molecule has 2 rings (SSSR count). The number of nitrogens with two attached hydrogens (primary N) is 1. The monoisotopic (exact) mass is 378 g/mol. The fourth-order valence-corrected chi connectivity index (χ4v) is 3.03. The lowest BCUT2D eigenvalue weighted by atomic mass is 10.2. The number of nitrogens with one attached hydrogen (secondary N) is 1. The van der Waals surface area contributed by atoms with Gasteiger partial charge in [-0.15, -0.1) is 0 Å². The van der Waals surface area contributed by atoms with Gasteiger partial charge in [0.1, 0.15) is 16.4 Å². The summed E-state index contributed by atoms with van der Waals surface area (Å²) in [5.41, 5.74) is 1.30. The molecule has 1 amide bonds. The molecule has 0 fully saturated rings. The van der Waals surface area contributed by atoms with Crippen molar-refractivity contribution in [3.63, 3.8) is 0 Å². The van der Waals surface area contributed by atoms with E-state index in [0.29, 0.717) is 19.6 Å². The molecule has 0 saturated heterocycles. The van der Waals surface area contributed by atoms with E-state index in [2.05, 4.69) is 5.32 Å². The van der Waals surface area contributed by atoms with E-state index in [4.69, 9.17) is 14.6 Å². The zero-order chi connectivity index (χ0) is 19.2. The minimum atomic E-state index is -3.99. The number of amides is 1. The van der Waals surface area contributed by atoms with Crippen LogP contribution in [0.3, 0.4) is 0 Å². The first-order valence-electron chi connectivity index (χ1n) is 8.00. The van der Waals surface area contributed by atoms with Crippen molar-refractivity contribution in [3.05, 3.63) is 53.6 Å². The van der Waals surface area contributed by atoms with Crippen LogP contribution >= 0.6 is 0 Å². The normalized spacial score (nSPS) is 11.0. The summed E-state index contributed by atoms with van der Waals surface area (Å²) in [4.78, 5) is 11.9. The van der Waals surface area contributed by atoms with Crippen molar-refractivity contribution < 1.29 is 22.7 Å². The number of hydrogen-bond acceptors (Lipinski definition) is 5. The Kier molecular flexibility index (Phi) is 6.59. The van der Waals surface area contributed by atoms with Gasteiger partial charge < -0.3 is 14.8 Å². The van der Waals surface area contributed by atoms with E-state index in [9.17, 15) is 13.2 Å². The predicted octanol–water partition coefficient (Wildman–Crippen LogP) is 1.85. The van der Waals surface area contributed by atoms with Gasteiger partial charge in [-0.1, -0.05) is 12.1 Å². The van der Waals surface area contributed by atoms with Crippen LogP contribution < -0.4 is 19.9 Å². The molecular weight excluding hydrogens is 356 g/mol. The molecule has 0 atom stereocenters. The van der Waals surface area contributed by atoms with Crippen LogP contribution in [0.25, 0.3) is 0 Å². The SMILES string of the molecule is COc1ccc(C(=O)NCCCOc2cccc(C)c2)cc1S(N)(=O)=O. The first-order valence-corrected chi connectivity index (χ1v) is 9.54. The molecule has 0 heterocycles. The lowest BCUT2D eigenvalue weighted by Crippen LogP contribution is -2.26. The Hall–Kier alpha value is -2.58. The molecule has 0 bridgehead atoms. The van der Waals surface area contributed by atoms with Crippen molar-refractivity contribution in [1.82, 2.24) is 5.32 Å². The van der Waals surface area contributed by atoms with Crippen molar-refractivity contribution in [3.8, 4) is 11.5 Å². The number of hydrogen-bond donors (Lipinski definition) is 2. The Balaban J connectivity index is 1.88. The van der Waals surface area contributed by atoms with Gasteiger partial charge in [-0.2, -0.15) is 0 Å².